The molecule has 22 heavy (non-hydrogen) atoms. The zero-order valence-electron chi connectivity index (χ0n) is 12.5. The maximum Gasteiger partial charge on any atom is 0.224 e. The van der Waals surface area contributed by atoms with E-state index in [0.29, 0.717) is 13.0 Å². The van der Waals surface area contributed by atoms with Crippen LogP contribution in [-0.2, 0) is 11.2 Å². The summed E-state index contributed by atoms with van der Waals surface area (Å²) in [6.45, 7) is 0.626. The van der Waals surface area contributed by atoms with Crippen LogP contribution in [0.1, 0.15) is 23.6 Å². The van der Waals surface area contributed by atoms with Crippen molar-refractivity contribution in [3.8, 4) is 11.5 Å². The molecule has 1 aliphatic heterocycles. The first-order valence-corrected chi connectivity index (χ1v) is 7.40. The van der Waals surface area contributed by atoms with Crippen molar-refractivity contribution in [3.05, 3.63) is 59.7 Å². The first kappa shape index (κ1) is 14.4. The maximum absolute atomic E-state index is 12.3. The summed E-state index contributed by atoms with van der Waals surface area (Å²) in [4.78, 5) is 12.3. The van der Waals surface area contributed by atoms with Crippen LogP contribution in [0, 0.1) is 0 Å². The van der Waals surface area contributed by atoms with Gasteiger partial charge in [-0.25, -0.2) is 0 Å². The zero-order valence-corrected chi connectivity index (χ0v) is 12.5. The van der Waals surface area contributed by atoms with Gasteiger partial charge in [0.1, 0.15) is 11.5 Å². The maximum atomic E-state index is 12.3. The van der Waals surface area contributed by atoms with Crippen LogP contribution < -0.4 is 14.8 Å². The highest BCUT2D eigenvalue weighted by atomic mass is 16.5. The van der Waals surface area contributed by atoms with Gasteiger partial charge in [0.2, 0.25) is 5.91 Å². The second-order valence-corrected chi connectivity index (χ2v) is 5.32. The SMILES string of the molecule is COc1cccc(CC(=O)NC2CCOc3ccccc32)c1. The Morgan fingerprint density at radius 3 is 3.00 bits per heavy atom. The normalized spacial score (nSPS) is 16.3. The van der Waals surface area contributed by atoms with Gasteiger partial charge < -0.3 is 14.8 Å². The van der Waals surface area contributed by atoms with Crippen molar-refractivity contribution in [3.63, 3.8) is 0 Å². The van der Waals surface area contributed by atoms with Gasteiger partial charge in [-0.1, -0.05) is 30.3 Å². The molecule has 0 spiro atoms. The monoisotopic (exact) mass is 297 g/mol. The van der Waals surface area contributed by atoms with Gasteiger partial charge in [0, 0.05) is 12.0 Å². The number of para-hydroxylation sites is 1. The topological polar surface area (TPSA) is 47.6 Å². The lowest BCUT2D eigenvalue weighted by molar-refractivity contribution is -0.121. The molecular formula is C18H19NO3. The Hall–Kier alpha value is -2.49. The van der Waals surface area contributed by atoms with Crippen LogP contribution in [0.4, 0.5) is 0 Å². The number of carbonyl (C=O) groups is 1. The summed E-state index contributed by atoms with van der Waals surface area (Å²) >= 11 is 0. The van der Waals surface area contributed by atoms with Crippen LogP contribution >= 0.6 is 0 Å². The first-order chi connectivity index (χ1) is 10.8. The largest absolute Gasteiger partial charge is 0.497 e. The van der Waals surface area contributed by atoms with Gasteiger partial charge in [0.25, 0.3) is 0 Å². The third-order valence-corrected chi connectivity index (χ3v) is 3.79. The van der Waals surface area contributed by atoms with Gasteiger partial charge in [0.15, 0.2) is 0 Å². The first-order valence-electron chi connectivity index (χ1n) is 7.40. The Morgan fingerprint density at radius 1 is 1.27 bits per heavy atom. The summed E-state index contributed by atoms with van der Waals surface area (Å²) < 4.78 is 10.8. The Balaban J connectivity index is 1.67. The molecule has 1 amide bonds. The highest BCUT2D eigenvalue weighted by Crippen LogP contribution is 2.31. The molecule has 0 fully saturated rings. The molecule has 0 saturated carbocycles. The van der Waals surface area contributed by atoms with Crippen LogP contribution in [0.5, 0.6) is 11.5 Å². The molecule has 4 nitrogen and oxygen atoms in total. The van der Waals surface area contributed by atoms with E-state index >= 15 is 0 Å². The van der Waals surface area contributed by atoms with E-state index in [1.165, 1.54) is 0 Å². The molecule has 1 aliphatic rings. The average Bonchev–Trinajstić information content (AvgIpc) is 2.55. The number of ether oxygens (including phenoxy) is 2. The van der Waals surface area contributed by atoms with E-state index in [9.17, 15) is 4.79 Å². The van der Waals surface area contributed by atoms with Crippen molar-refractivity contribution in [2.24, 2.45) is 0 Å². The van der Waals surface area contributed by atoms with Gasteiger partial charge in [-0.15, -0.1) is 0 Å². The standard InChI is InChI=1S/C18H19NO3/c1-21-14-6-4-5-13(11-14)12-18(20)19-16-9-10-22-17-8-3-2-7-15(16)17/h2-8,11,16H,9-10,12H2,1H3,(H,19,20). The number of nitrogens with one attached hydrogen (secondary N) is 1. The number of fused-ring (bicyclic) bond motifs is 1. The Labute approximate surface area is 130 Å². The lowest BCUT2D eigenvalue weighted by atomic mass is 10.00. The van der Waals surface area contributed by atoms with Crippen molar-refractivity contribution < 1.29 is 14.3 Å². The fraction of sp³-hybridized carbons (Fsp3) is 0.278. The molecule has 1 N–H and O–H groups in total. The molecular weight excluding hydrogens is 278 g/mol. The second-order valence-electron chi connectivity index (χ2n) is 5.32. The molecule has 0 saturated heterocycles. The average molecular weight is 297 g/mol. The Bertz CT molecular complexity index is 669. The minimum atomic E-state index is 0.00922. The molecule has 0 bridgehead atoms. The lowest BCUT2D eigenvalue weighted by Crippen LogP contribution is -2.33. The van der Waals surface area contributed by atoms with E-state index in [0.717, 1.165) is 29.0 Å². The third-order valence-electron chi connectivity index (χ3n) is 3.79. The fourth-order valence-corrected chi connectivity index (χ4v) is 2.71. The molecule has 1 unspecified atom stereocenters. The quantitative estimate of drug-likeness (QED) is 0.944. The predicted molar refractivity (Wildman–Crippen MR) is 84.1 cm³/mol. The predicted octanol–water partition coefficient (Wildman–Crippen LogP) is 2.88. The van der Waals surface area contributed by atoms with Crippen molar-refractivity contribution in [2.75, 3.05) is 13.7 Å². The van der Waals surface area contributed by atoms with Crippen LogP contribution in [0.15, 0.2) is 48.5 Å². The van der Waals surface area contributed by atoms with Crippen LogP contribution in [0.25, 0.3) is 0 Å². The Kier molecular flexibility index (Phi) is 4.28. The summed E-state index contributed by atoms with van der Waals surface area (Å²) in [7, 11) is 1.62. The summed E-state index contributed by atoms with van der Waals surface area (Å²) in [6.07, 6.45) is 1.14. The molecule has 0 aromatic heterocycles. The number of benzene rings is 2. The lowest BCUT2D eigenvalue weighted by Gasteiger charge is -2.26. The van der Waals surface area contributed by atoms with Crippen molar-refractivity contribution in [2.45, 2.75) is 18.9 Å². The van der Waals surface area contributed by atoms with E-state index in [1.54, 1.807) is 7.11 Å². The summed E-state index contributed by atoms with van der Waals surface area (Å²) in [5.41, 5.74) is 1.99. The highest BCUT2D eigenvalue weighted by molar-refractivity contribution is 5.79. The summed E-state index contributed by atoms with van der Waals surface area (Å²) in [5, 5.41) is 3.10. The molecule has 0 aliphatic carbocycles. The van der Waals surface area contributed by atoms with E-state index in [1.807, 2.05) is 48.5 Å². The van der Waals surface area contributed by atoms with Crippen molar-refractivity contribution >= 4 is 5.91 Å². The molecule has 3 rings (SSSR count). The number of hydrogen-bond donors (Lipinski definition) is 1. The van der Waals surface area contributed by atoms with E-state index in [4.69, 9.17) is 9.47 Å². The van der Waals surface area contributed by atoms with Gasteiger partial charge in [-0.3, -0.25) is 4.79 Å². The number of methoxy groups -OCH3 is 1. The number of amides is 1. The van der Waals surface area contributed by atoms with Gasteiger partial charge in [-0.05, 0) is 23.8 Å². The second kappa shape index (κ2) is 6.52. The zero-order chi connectivity index (χ0) is 15.4. The molecule has 1 atom stereocenters. The Morgan fingerprint density at radius 2 is 2.14 bits per heavy atom. The molecule has 1 heterocycles. The number of carbonyl (C=O) groups excluding carboxylic acids is 1. The number of rotatable bonds is 4. The molecule has 4 heteroatoms. The summed E-state index contributed by atoms with van der Waals surface area (Å²) in [5.74, 6) is 1.64. The number of hydrogen-bond acceptors (Lipinski definition) is 3. The van der Waals surface area contributed by atoms with Crippen molar-refractivity contribution in [1.82, 2.24) is 5.32 Å². The fourth-order valence-electron chi connectivity index (χ4n) is 2.71. The minimum Gasteiger partial charge on any atom is -0.497 e. The van der Waals surface area contributed by atoms with Crippen molar-refractivity contribution in [1.29, 1.82) is 0 Å². The van der Waals surface area contributed by atoms with E-state index < -0.39 is 0 Å². The summed E-state index contributed by atoms with van der Waals surface area (Å²) in [6, 6.07) is 15.5. The molecule has 114 valence electrons. The van der Waals surface area contributed by atoms with Crippen LogP contribution in [-0.4, -0.2) is 19.6 Å². The van der Waals surface area contributed by atoms with Gasteiger partial charge in [-0.2, -0.15) is 0 Å². The van der Waals surface area contributed by atoms with Crippen LogP contribution in [0.2, 0.25) is 0 Å². The van der Waals surface area contributed by atoms with E-state index in [2.05, 4.69) is 5.32 Å². The highest BCUT2D eigenvalue weighted by Gasteiger charge is 2.22. The smallest absolute Gasteiger partial charge is 0.224 e. The molecule has 2 aromatic carbocycles. The van der Waals surface area contributed by atoms with Gasteiger partial charge in [0.05, 0.1) is 26.2 Å². The minimum absolute atomic E-state index is 0.00922. The van der Waals surface area contributed by atoms with Crippen LogP contribution in [0.3, 0.4) is 0 Å². The van der Waals surface area contributed by atoms with E-state index in [-0.39, 0.29) is 11.9 Å². The third kappa shape index (κ3) is 3.22. The molecule has 0 radical (unpaired) electrons. The van der Waals surface area contributed by atoms with Gasteiger partial charge >= 0.3 is 0 Å². The molecule has 2 aromatic rings.